The molecule has 1 aromatic rings. The molecule has 0 aliphatic heterocycles. The molecule has 0 spiro atoms. The second-order valence-corrected chi connectivity index (χ2v) is 4.72. The number of aryl methyl sites for hydroxylation is 2. The summed E-state index contributed by atoms with van der Waals surface area (Å²) in [5.41, 5.74) is 1.19. The van der Waals surface area contributed by atoms with Crippen LogP contribution in [0.2, 0.25) is 0 Å². The van der Waals surface area contributed by atoms with Gasteiger partial charge in [0.25, 0.3) is 0 Å². The van der Waals surface area contributed by atoms with E-state index < -0.39 is 0 Å². The summed E-state index contributed by atoms with van der Waals surface area (Å²) in [5, 5.41) is 3.93. The first-order valence-corrected chi connectivity index (χ1v) is 7.17. The predicted molar refractivity (Wildman–Crippen MR) is 76.2 cm³/mol. The van der Waals surface area contributed by atoms with Crippen molar-refractivity contribution in [3.63, 3.8) is 0 Å². The third-order valence-corrected chi connectivity index (χ3v) is 3.02. The van der Waals surface area contributed by atoms with Crippen molar-refractivity contribution >= 4 is 0 Å². The topological polar surface area (TPSA) is 17.8 Å². The number of rotatable bonds is 7. The smallest absolute Gasteiger partial charge is 0.0492 e. The molecule has 0 bridgehead atoms. The second kappa shape index (κ2) is 11.7. The maximum Gasteiger partial charge on any atom is 0.0492 e. The maximum atomic E-state index is 3.93. The molecule has 100 valence electrons. The zero-order chi connectivity index (χ0) is 12.9. The van der Waals surface area contributed by atoms with Crippen molar-refractivity contribution < 1.29 is 0 Å². The highest BCUT2D eigenvalue weighted by Crippen LogP contribution is 2.07. The molecule has 0 radical (unpaired) electrons. The average molecular weight is 238 g/mol. The molecule has 0 aromatic carbocycles. The largest absolute Gasteiger partial charge is 0.273 e. The van der Waals surface area contributed by atoms with Gasteiger partial charge in [0.1, 0.15) is 0 Å². The Morgan fingerprint density at radius 2 is 1.41 bits per heavy atom. The molecular weight excluding hydrogens is 208 g/mol. The Kier molecular flexibility index (Phi) is 11.1. The molecule has 2 nitrogen and oxygen atoms in total. The number of hydrogen-bond acceptors (Lipinski definition) is 1. The van der Waals surface area contributed by atoms with Crippen LogP contribution >= 0.6 is 0 Å². The molecule has 0 fully saturated rings. The highest BCUT2D eigenvalue weighted by atomic mass is 15.2. The van der Waals surface area contributed by atoms with Gasteiger partial charge in [0.15, 0.2) is 0 Å². The maximum absolute atomic E-state index is 3.93. The summed E-state index contributed by atoms with van der Waals surface area (Å²) in [6, 6.07) is 1.97. The molecule has 0 saturated carbocycles. The standard InChI is InChI=1S/C10H22.C5H8N2/c1-3-5-7-9-10-8-6-4-2;1-5-3-4-6-7(5)2/h3-10H2,1-2H3;3-4H,1-2H3. The molecule has 0 aliphatic rings. The van der Waals surface area contributed by atoms with Crippen LogP contribution in [0.4, 0.5) is 0 Å². The third kappa shape index (κ3) is 10.1. The van der Waals surface area contributed by atoms with E-state index in [0.29, 0.717) is 0 Å². The van der Waals surface area contributed by atoms with Gasteiger partial charge in [-0.15, -0.1) is 0 Å². The Hall–Kier alpha value is -0.790. The van der Waals surface area contributed by atoms with Gasteiger partial charge in [-0.1, -0.05) is 65.2 Å². The van der Waals surface area contributed by atoms with Gasteiger partial charge in [-0.25, -0.2) is 0 Å². The van der Waals surface area contributed by atoms with E-state index in [1.807, 2.05) is 24.7 Å². The van der Waals surface area contributed by atoms with Gasteiger partial charge in [-0.05, 0) is 13.0 Å². The molecule has 1 heterocycles. The van der Waals surface area contributed by atoms with Crippen LogP contribution in [0.15, 0.2) is 12.3 Å². The fourth-order valence-electron chi connectivity index (χ4n) is 1.65. The monoisotopic (exact) mass is 238 g/mol. The summed E-state index contributed by atoms with van der Waals surface area (Å²) in [6.45, 7) is 6.56. The zero-order valence-corrected chi connectivity index (χ0v) is 12.2. The van der Waals surface area contributed by atoms with E-state index in [1.165, 1.54) is 57.1 Å². The van der Waals surface area contributed by atoms with Crippen LogP contribution in [0.5, 0.6) is 0 Å². The van der Waals surface area contributed by atoms with E-state index in [4.69, 9.17) is 0 Å². The second-order valence-electron chi connectivity index (χ2n) is 4.72. The summed E-state index contributed by atoms with van der Waals surface area (Å²) in [4.78, 5) is 0. The molecule has 2 heteroatoms. The van der Waals surface area contributed by atoms with E-state index >= 15 is 0 Å². The van der Waals surface area contributed by atoms with Crippen molar-refractivity contribution in [2.24, 2.45) is 7.05 Å². The summed E-state index contributed by atoms with van der Waals surface area (Å²) >= 11 is 0. The molecule has 0 atom stereocenters. The molecule has 0 amide bonds. The van der Waals surface area contributed by atoms with Gasteiger partial charge in [-0.3, -0.25) is 4.68 Å². The van der Waals surface area contributed by atoms with Crippen molar-refractivity contribution in [1.82, 2.24) is 9.78 Å². The van der Waals surface area contributed by atoms with E-state index in [2.05, 4.69) is 18.9 Å². The molecular formula is C15H30N2. The highest BCUT2D eigenvalue weighted by molar-refractivity contribution is 4.94. The molecule has 0 N–H and O–H groups in total. The van der Waals surface area contributed by atoms with E-state index in [9.17, 15) is 0 Å². The fraction of sp³-hybridized carbons (Fsp3) is 0.800. The van der Waals surface area contributed by atoms with Crippen LogP contribution in [-0.4, -0.2) is 9.78 Å². The average Bonchev–Trinajstić information content (AvgIpc) is 2.69. The first-order chi connectivity index (χ1) is 8.22. The van der Waals surface area contributed by atoms with Gasteiger partial charge < -0.3 is 0 Å². The summed E-state index contributed by atoms with van der Waals surface area (Å²) in [5.74, 6) is 0. The van der Waals surface area contributed by atoms with Gasteiger partial charge in [0.05, 0.1) is 0 Å². The zero-order valence-electron chi connectivity index (χ0n) is 12.2. The molecule has 1 rings (SSSR count). The molecule has 1 aromatic heterocycles. The first kappa shape index (κ1) is 16.2. The first-order valence-electron chi connectivity index (χ1n) is 7.17. The quantitative estimate of drug-likeness (QED) is 0.619. The van der Waals surface area contributed by atoms with Crippen LogP contribution in [0.25, 0.3) is 0 Å². The van der Waals surface area contributed by atoms with E-state index in [0.717, 1.165) is 0 Å². The van der Waals surface area contributed by atoms with Crippen molar-refractivity contribution in [2.45, 2.75) is 72.1 Å². The van der Waals surface area contributed by atoms with E-state index in [-0.39, 0.29) is 0 Å². The Morgan fingerprint density at radius 1 is 0.941 bits per heavy atom. The lowest BCUT2D eigenvalue weighted by molar-refractivity contribution is 0.585. The van der Waals surface area contributed by atoms with Crippen molar-refractivity contribution in [3.05, 3.63) is 18.0 Å². The van der Waals surface area contributed by atoms with Crippen LogP contribution in [0.3, 0.4) is 0 Å². The van der Waals surface area contributed by atoms with Crippen molar-refractivity contribution in [1.29, 1.82) is 0 Å². The number of nitrogens with zero attached hydrogens (tertiary/aromatic N) is 2. The normalized spacial score (nSPS) is 9.88. The lowest BCUT2D eigenvalue weighted by atomic mass is 10.1. The van der Waals surface area contributed by atoms with Gasteiger partial charge in [0, 0.05) is 18.9 Å². The minimum Gasteiger partial charge on any atom is -0.273 e. The van der Waals surface area contributed by atoms with Crippen LogP contribution in [0.1, 0.15) is 70.9 Å². The lowest BCUT2D eigenvalue weighted by Crippen LogP contribution is -1.90. The highest BCUT2D eigenvalue weighted by Gasteiger charge is 1.87. The summed E-state index contributed by atoms with van der Waals surface area (Å²) in [6.07, 6.45) is 13.2. The summed E-state index contributed by atoms with van der Waals surface area (Å²) in [7, 11) is 1.93. The van der Waals surface area contributed by atoms with Crippen LogP contribution in [-0.2, 0) is 7.05 Å². The summed E-state index contributed by atoms with van der Waals surface area (Å²) < 4.78 is 1.83. The molecule has 0 saturated heterocycles. The van der Waals surface area contributed by atoms with Gasteiger partial charge >= 0.3 is 0 Å². The Labute approximate surface area is 107 Å². The van der Waals surface area contributed by atoms with Crippen molar-refractivity contribution in [2.75, 3.05) is 0 Å². The minimum absolute atomic E-state index is 1.19. The van der Waals surface area contributed by atoms with E-state index in [1.54, 1.807) is 6.20 Å². The third-order valence-electron chi connectivity index (χ3n) is 3.02. The predicted octanol–water partition coefficient (Wildman–Crippen LogP) is 4.88. The van der Waals surface area contributed by atoms with Gasteiger partial charge in [0.2, 0.25) is 0 Å². The fourth-order valence-corrected chi connectivity index (χ4v) is 1.65. The number of hydrogen-bond donors (Lipinski definition) is 0. The Morgan fingerprint density at radius 3 is 1.65 bits per heavy atom. The van der Waals surface area contributed by atoms with Crippen LogP contribution < -0.4 is 0 Å². The number of aromatic nitrogens is 2. The molecule has 17 heavy (non-hydrogen) atoms. The molecule has 0 unspecified atom stereocenters. The number of unbranched alkanes of at least 4 members (excludes halogenated alkanes) is 7. The van der Waals surface area contributed by atoms with Gasteiger partial charge in [-0.2, -0.15) is 5.10 Å². The van der Waals surface area contributed by atoms with Crippen LogP contribution in [0, 0.1) is 6.92 Å². The lowest BCUT2D eigenvalue weighted by Gasteiger charge is -1.97. The SMILES string of the molecule is CCCCCCCCCC.Cc1ccnn1C. The molecule has 0 aliphatic carbocycles. The minimum atomic E-state index is 1.19. The van der Waals surface area contributed by atoms with Crippen molar-refractivity contribution in [3.8, 4) is 0 Å². The Balaban J connectivity index is 0.000000318. The Bertz CT molecular complexity index is 229.